The zero-order chi connectivity index (χ0) is 15.2. The summed E-state index contributed by atoms with van der Waals surface area (Å²) in [6, 6.07) is 6.19. The van der Waals surface area contributed by atoms with Gasteiger partial charge in [0.15, 0.2) is 0 Å². The van der Waals surface area contributed by atoms with Crippen LogP contribution in [0.15, 0.2) is 18.2 Å². The van der Waals surface area contributed by atoms with Gasteiger partial charge in [-0.05, 0) is 19.5 Å². The summed E-state index contributed by atoms with van der Waals surface area (Å²) in [7, 11) is 0. The number of rotatable bonds is 7. The summed E-state index contributed by atoms with van der Waals surface area (Å²) in [5, 5.41) is 23.1. The highest BCUT2D eigenvalue weighted by atomic mass is 35.5. The van der Waals surface area contributed by atoms with Gasteiger partial charge in [0, 0.05) is 12.5 Å². The molecule has 1 rings (SSSR count). The Labute approximate surface area is 122 Å². The van der Waals surface area contributed by atoms with Gasteiger partial charge < -0.3 is 4.74 Å². The molecule has 0 bridgehead atoms. The molecule has 1 N–H and O–H groups in total. The minimum Gasteiger partial charge on any atom is -0.492 e. The molecule has 0 radical (unpaired) electrons. The van der Waals surface area contributed by atoms with Crippen molar-refractivity contribution in [1.29, 1.82) is 5.26 Å². The number of non-ortho nitro benzene ring substituents is 1. The summed E-state index contributed by atoms with van der Waals surface area (Å²) < 4.78 is 5.44. The second kappa shape index (κ2) is 7.08. The number of halogens is 1. The molecule has 1 atom stereocenters. The fraction of sp³-hybridized carbons (Fsp3) is 0.462. The lowest BCUT2D eigenvalue weighted by atomic mass is 10.0. The molecule has 0 aliphatic carbocycles. The van der Waals surface area contributed by atoms with Crippen molar-refractivity contribution in [1.82, 2.24) is 5.32 Å². The van der Waals surface area contributed by atoms with Gasteiger partial charge in [-0.25, -0.2) is 0 Å². The summed E-state index contributed by atoms with van der Waals surface area (Å²) in [6.45, 7) is 4.59. The second-order valence-electron chi connectivity index (χ2n) is 4.44. The van der Waals surface area contributed by atoms with Crippen molar-refractivity contribution in [3.8, 4) is 11.8 Å². The molecule has 0 spiro atoms. The first-order valence-electron chi connectivity index (χ1n) is 6.15. The maximum atomic E-state index is 10.7. The van der Waals surface area contributed by atoms with Crippen molar-refractivity contribution in [2.75, 3.05) is 13.2 Å². The largest absolute Gasteiger partial charge is 0.492 e. The van der Waals surface area contributed by atoms with Gasteiger partial charge in [0.1, 0.15) is 11.3 Å². The average molecular weight is 298 g/mol. The Balaban J connectivity index is 2.68. The number of ether oxygens (including phenoxy) is 1. The lowest BCUT2D eigenvalue weighted by molar-refractivity contribution is -0.384. The van der Waals surface area contributed by atoms with Crippen LogP contribution in [0.2, 0.25) is 5.02 Å². The normalized spacial score (nSPS) is 13.3. The zero-order valence-corrected chi connectivity index (χ0v) is 12.1. The van der Waals surface area contributed by atoms with Crippen molar-refractivity contribution < 1.29 is 9.66 Å². The van der Waals surface area contributed by atoms with Gasteiger partial charge in [-0.15, -0.1) is 0 Å². The molecule has 0 saturated carbocycles. The molecule has 0 aliphatic rings. The molecule has 0 aromatic heterocycles. The summed E-state index contributed by atoms with van der Waals surface area (Å²) in [5.41, 5.74) is -0.777. The molecule has 0 amide bonds. The number of benzene rings is 1. The molecule has 7 heteroatoms. The van der Waals surface area contributed by atoms with Crippen molar-refractivity contribution >= 4 is 17.3 Å². The average Bonchev–Trinajstić information content (AvgIpc) is 2.41. The van der Waals surface area contributed by atoms with Crippen LogP contribution in [-0.2, 0) is 0 Å². The maximum Gasteiger partial charge on any atom is 0.273 e. The molecule has 0 heterocycles. The van der Waals surface area contributed by atoms with E-state index in [4.69, 9.17) is 21.6 Å². The first-order valence-corrected chi connectivity index (χ1v) is 6.52. The topological polar surface area (TPSA) is 88.2 Å². The van der Waals surface area contributed by atoms with E-state index in [0.29, 0.717) is 18.0 Å². The van der Waals surface area contributed by atoms with E-state index in [9.17, 15) is 10.1 Å². The Hall–Kier alpha value is -1.84. The first kappa shape index (κ1) is 16.2. The molecule has 108 valence electrons. The van der Waals surface area contributed by atoms with E-state index in [1.165, 1.54) is 18.2 Å². The van der Waals surface area contributed by atoms with E-state index >= 15 is 0 Å². The molecule has 1 aromatic carbocycles. The summed E-state index contributed by atoms with van der Waals surface area (Å²) >= 11 is 5.92. The highest BCUT2D eigenvalue weighted by Gasteiger charge is 2.22. The van der Waals surface area contributed by atoms with Crippen LogP contribution in [0.5, 0.6) is 5.75 Å². The Bertz CT molecular complexity index is 530. The second-order valence-corrected chi connectivity index (χ2v) is 4.85. The fourth-order valence-corrected chi connectivity index (χ4v) is 1.83. The zero-order valence-electron chi connectivity index (χ0n) is 11.4. The number of nitro groups is 1. The van der Waals surface area contributed by atoms with Gasteiger partial charge in [-0.1, -0.05) is 18.5 Å². The quantitative estimate of drug-likeness (QED) is 0.617. The predicted octanol–water partition coefficient (Wildman–Crippen LogP) is 2.91. The molecule has 0 saturated heterocycles. The lowest BCUT2D eigenvalue weighted by Crippen LogP contribution is -2.42. The molecule has 1 unspecified atom stereocenters. The minimum atomic E-state index is -0.693. The number of nitro benzene ring substituents is 1. The standard InChI is InChI=1S/C13H16ClN3O3/c1-3-16-13(2,9-15)6-7-20-12-8-10(17(18)19)4-5-11(12)14/h4-5,8,16H,3,6-7H2,1-2H3. The molecule has 6 nitrogen and oxygen atoms in total. The fourth-order valence-electron chi connectivity index (χ4n) is 1.66. The van der Waals surface area contributed by atoms with Gasteiger partial charge in [-0.3, -0.25) is 15.4 Å². The number of nitriles is 1. The van der Waals surface area contributed by atoms with Crippen LogP contribution in [0.25, 0.3) is 0 Å². The minimum absolute atomic E-state index is 0.0841. The number of hydrogen-bond acceptors (Lipinski definition) is 5. The van der Waals surface area contributed by atoms with Crippen LogP contribution >= 0.6 is 11.6 Å². The number of nitrogens with one attached hydrogen (secondary N) is 1. The van der Waals surface area contributed by atoms with Crippen LogP contribution in [-0.4, -0.2) is 23.6 Å². The van der Waals surface area contributed by atoms with Crippen LogP contribution in [0.3, 0.4) is 0 Å². The van der Waals surface area contributed by atoms with Crippen molar-refractivity contribution in [3.63, 3.8) is 0 Å². The van der Waals surface area contributed by atoms with Gasteiger partial charge >= 0.3 is 0 Å². The smallest absolute Gasteiger partial charge is 0.273 e. The third kappa shape index (κ3) is 4.37. The molecule has 0 fully saturated rings. The summed E-state index contributed by atoms with van der Waals surface area (Å²) in [5.74, 6) is 0.248. The van der Waals surface area contributed by atoms with Gasteiger partial charge in [0.05, 0.1) is 28.7 Å². The third-order valence-corrected chi connectivity index (χ3v) is 3.11. The Morgan fingerprint density at radius 2 is 2.30 bits per heavy atom. The van der Waals surface area contributed by atoms with Crippen LogP contribution in [0.1, 0.15) is 20.3 Å². The van der Waals surface area contributed by atoms with E-state index in [0.717, 1.165) is 0 Å². The Morgan fingerprint density at radius 3 is 2.85 bits per heavy atom. The van der Waals surface area contributed by atoms with Crippen LogP contribution in [0, 0.1) is 21.4 Å². The molecule has 20 heavy (non-hydrogen) atoms. The van der Waals surface area contributed by atoms with Crippen LogP contribution < -0.4 is 10.1 Å². The van der Waals surface area contributed by atoms with Crippen molar-refractivity contribution in [2.45, 2.75) is 25.8 Å². The molecule has 1 aromatic rings. The molecular formula is C13H16ClN3O3. The Kier molecular flexibility index (Phi) is 5.74. The SMILES string of the molecule is CCNC(C)(C#N)CCOc1cc([N+](=O)[O-])ccc1Cl. The Morgan fingerprint density at radius 1 is 1.60 bits per heavy atom. The lowest BCUT2D eigenvalue weighted by Gasteiger charge is -2.22. The maximum absolute atomic E-state index is 10.7. The van der Waals surface area contributed by atoms with E-state index in [-0.39, 0.29) is 18.0 Å². The van der Waals surface area contributed by atoms with E-state index in [2.05, 4.69) is 11.4 Å². The molecular weight excluding hydrogens is 282 g/mol. The van der Waals surface area contributed by atoms with E-state index < -0.39 is 10.5 Å². The van der Waals surface area contributed by atoms with Gasteiger partial charge in [0.25, 0.3) is 5.69 Å². The number of nitrogens with zero attached hydrogens (tertiary/aromatic N) is 2. The highest BCUT2D eigenvalue weighted by Crippen LogP contribution is 2.29. The number of hydrogen-bond donors (Lipinski definition) is 1. The summed E-state index contributed by atoms with van der Waals surface area (Å²) in [6.07, 6.45) is 0.441. The highest BCUT2D eigenvalue weighted by molar-refractivity contribution is 6.32. The van der Waals surface area contributed by atoms with E-state index in [1.54, 1.807) is 6.92 Å². The molecule has 0 aliphatic heterocycles. The first-order chi connectivity index (χ1) is 9.41. The summed E-state index contributed by atoms with van der Waals surface area (Å²) in [4.78, 5) is 10.2. The van der Waals surface area contributed by atoms with Crippen molar-refractivity contribution in [2.24, 2.45) is 0 Å². The third-order valence-electron chi connectivity index (χ3n) is 2.80. The monoisotopic (exact) mass is 297 g/mol. The van der Waals surface area contributed by atoms with Crippen molar-refractivity contribution in [3.05, 3.63) is 33.3 Å². The van der Waals surface area contributed by atoms with Crippen LogP contribution in [0.4, 0.5) is 5.69 Å². The van der Waals surface area contributed by atoms with Gasteiger partial charge in [-0.2, -0.15) is 5.26 Å². The van der Waals surface area contributed by atoms with E-state index in [1.807, 2.05) is 6.92 Å². The van der Waals surface area contributed by atoms with Gasteiger partial charge in [0.2, 0.25) is 0 Å². The predicted molar refractivity (Wildman–Crippen MR) is 75.9 cm³/mol.